The van der Waals surface area contributed by atoms with E-state index in [9.17, 15) is 4.79 Å². The van der Waals surface area contributed by atoms with Crippen LogP contribution >= 0.6 is 23.2 Å². The minimum Gasteiger partial charge on any atom is -0.368 e. The summed E-state index contributed by atoms with van der Waals surface area (Å²) < 4.78 is 0. The SMILES string of the molecule is CN(C)CCCC(Nc1nc(CN2CCN(C(c3ccc(Cl)cc3)c3ccc(Cl)cc3)CC2)nc2ccccc12)C(N)=O. The Bertz CT molecular complexity index is 1460. The highest BCUT2D eigenvalue weighted by Gasteiger charge is 2.27. The molecule has 1 saturated heterocycles. The highest BCUT2D eigenvalue weighted by Crippen LogP contribution is 2.31. The molecule has 1 aliphatic rings. The number of primary amides is 1. The molecule has 2 heterocycles. The number of para-hydroxylation sites is 1. The van der Waals surface area contributed by atoms with Gasteiger partial charge in [0.1, 0.15) is 17.7 Å². The molecule has 3 aromatic carbocycles. The molecule has 0 aliphatic carbocycles. The number of hydrogen-bond donors (Lipinski definition) is 2. The number of carbonyl (C=O) groups excluding carboxylic acids is 1. The molecule has 0 spiro atoms. The van der Waals surface area contributed by atoms with Crippen molar-refractivity contribution in [1.82, 2.24) is 24.7 Å². The number of rotatable bonds is 12. The smallest absolute Gasteiger partial charge is 0.239 e. The first-order valence-corrected chi connectivity index (χ1v) is 15.5. The maximum atomic E-state index is 12.3. The summed E-state index contributed by atoms with van der Waals surface area (Å²) in [4.78, 5) is 29.1. The van der Waals surface area contributed by atoms with Crippen molar-refractivity contribution < 1.29 is 4.79 Å². The number of amides is 1. The van der Waals surface area contributed by atoms with Crippen molar-refractivity contribution >= 4 is 45.8 Å². The molecule has 43 heavy (non-hydrogen) atoms. The fourth-order valence-electron chi connectivity index (χ4n) is 5.65. The zero-order valence-electron chi connectivity index (χ0n) is 24.7. The number of nitrogens with one attached hydrogen (secondary N) is 1. The number of halogens is 2. The van der Waals surface area contributed by atoms with Crippen LogP contribution in [-0.2, 0) is 11.3 Å². The third-order valence-electron chi connectivity index (χ3n) is 7.91. The quantitative estimate of drug-likeness (QED) is 0.218. The van der Waals surface area contributed by atoms with Crippen LogP contribution in [0.3, 0.4) is 0 Å². The van der Waals surface area contributed by atoms with E-state index < -0.39 is 6.04 Å². The van der Waals surface area contributed by atoms with Gasteiger partial charge in [0.25, 0.3) is 0 Å². The first-order valence-electron chi connectivity index (χ1n) is 14.7. The second-order valence-electron chi connectivity index (χ2n) is 11.4. The fourth-order valence-corrected chi connectivity index (χ4v) is 5.90. The van der Waals surface area contributed by atoms with Gasteiger partial charge >= 0.3 is 0 Å². The van der Waals surface area contributed by atoms with Gasteiger partial charge in [0.15, 0.2) is 0 Å². The van der Waals surface area contributed by atoms with Crippen molar-refractivity contribution in [2.24, 2.45) is 5.73 Å². The summed E-state index contributed by atoms with van der Waals surface area (Å²) >= 11 is 12.4. The lowest BCUT2D eigenvalue weighted by Crippen LogP contribution is -2.47. The number of fused-ring (bicyclic) bond motifs is 1. The molecular formula is C33H39Cl2N7O. The summed E-state index contributed by atoms with van der Waals surface area (Å²) in [6.07, 6.45) is 1.48. The van der Waals surface area contributed by atoms with E-state index in [1.807, 2.05) is 62.6 Å². The number of benzene rings is 3. The highest BCUT2D eigenvalue weighted by atomic mass is 35.5. The molecule has 0 bridgehead atoms. The molecule has 10 heteroatoms. The van der Waals surface area contributed by atoms with Gasteiger partial charge < -0.3 is 16.0 Å². The average Bonchev–Trinajstić information content (AvgIpc) is 2.99. The minimum absolute atomic E-state index is 0.0997. The molecule has 8 nitrogen and oxygen atoms in total. The lowest BCUT2D eigenvalue weighted by molar-refractivity contribution is -0.118. The normalized spacial score (nSPS) is 15.3. The van der Waals surface area contributed by atoms with E-state index in [1.54, 1.807) is 0 Å². The molecule has 4 aromatic rings. The number of hydrogen-bond acceptors (Lipinski definition) is 7. The third kappa shape index (κ3) is 8.22. The topological polar surface area (TPSA) is 90.6 Å². The Balaban J connectivity index is 1.31. The first-order chi connectivity index (χ1) is 20.8. The van der Waals surface area contributed by atoms with Gasteiger partial charge in [-0.1, -0.05) is 59.6 Å². The van der Waals surface area contributed by atoms with Crippen molar-refractivity contribution in [3.63, 3.8) is 0 Å². The van der Waals surface area contributed by atoms with Crippen molar-refractivity contribution in [1.29, 1.82) is 0 Å². The van der Waals surface area contributed by atoms with E-state index in [1.165, 1.54) is 11.1 Å². The Labute approximate surface area is 263 Å². The average molecular weight is 621 g/mol. The minimum atomic E-state index is -0.507. The molecule has 0 radical (unpaired) electrons. The highest BCUT2D eigenvalue weighted by molar-refractivity contribution is 6.30. The van der Waals surface area contributed by atoms with Crippen LogP contribution in [0.25, 0.3) is 10.9 Å². The lowest BCUT2D eigenvalue weighted by Gasteiger charge is -2.39. The summed E-state index contributed by atoms with van der Waals surface area (Å²) in [5.74, 6) is 0.992. The number of anilines is 1. The summed E-state index contributed by atoms with van der Waals surface area (Å²) in [5, 5.41) is 5.68. The fraction of sp³-hybridized carbons (Fsp3) is 0.364. The molecule has 0 saturated carbocycles. The number of nitrogens with zero attached hydrogens (tertiary/aromatic N) is 5. The second-order valence-corrected chi connectivity index (χ2v) is 12.2. The van der Waals surface area contributed by atoms with Crippen LogP contribution in [0.4, 0.5) is 5.82 Å². The molecule has 1 fully saturated rings. The Kier molecular flexibility index (Phi) is 10.5. The van der Waals surface area contributed by atoms with Gasteiger partial charge in [-0.2, -0.15) is 0 Å². The van der Waals surface area contributed by atoms with Gasteiger partial charge in [-0.15, -0.1) is 0 Å². The van der Waals surface area contributed by atoms with E-state index in [-0.39, 0.29) is 11.9 Å². The number of aromatic nitrogens is 2. The molecule has 1 atom stereocenters. The molecule has 226 valence electrons. The van der Waals surface area contributed by atoms with Gasteiger partial charge in [0.2, 0.25) is 5.91 Å². The van der Waals surface area contributed by atoms with Crippen molar-refractivity contribution in [2.75, 3.05) is 52.1 Å². The molecule has 5 rings (SSSR count). The van der Waals surface area contributed by atoms with Gasteiger partial charge in [0, 0.05) is 41.6 Å². The van der Waals surface area contributed by atoms with Crippen LogP contribution in [0.5, 0.6) is 0 Å². The first kappa shape index (κ1) is 31.2. The van der Waals surface area contributed by atoms with Gasteiger partial charge in [-0.05, 0) is 81.0 Å². The van der Waals surface area contributed by atoms with Crippen LogP contribution < -0.4 is 11.1 Å². The number of nitrogens with two attached hydrogens (primary N) is 1. The van der Waals surface area contributed by atoms with Crippen molar-refractivity contribution in [2.45, 2.75) is 31.5 Å². The van der Waals surface area contributed by atoms with Crippen LogP contribution in [0.15, 0.2) is 72.8 Å². The number of piperazine rings is 1. The molecular weight excluding hydrogens is 581 g/mol. The Morgan fingerprint density at radius 1 is 0.907 bits per heavy atom. The molecule has 1 aromatic heterocycles. The maximum absolute atomic E-state index is 12.3. The Morgan fingerprint density at radius 2 is 1.51 bits per heavy atom. The predicted octanol–water partition coefficient (Wildman–Crippen LogP) is 5.45. The van der Waals surface area contributed by atoms with Crippen LogP contribution in [0.2, 0.25) is 10.0 Å². The summed E-state index contributed by atoms with van der Waals surface area (Å²) in [5.41, 5.74) is 9.02. The standard InChI is InChI=1S/C33H39Cl2N7O/c1-40(2)17-5-8-29(32(36)43)38-33-27-6-3-4-7-28(27)37-30(39-33)22-41-18-20-42(21-19-41)31(23-9-13-25(34)14-10-23)24-11-15-26(35)16-12-24/h3-4,6-7,9-16,29,31H,5,8,17-22H2,1-2H3,(H2,36,43)(H,37,38,39). The summed E-state index contributed by atoms with van der Waals surface area (Å²) in [6, 6.07) is 23.7. The zero-order valence-corrected chi connectivity index (χ0v) is 26.2. The number of carbonyl (C=O) groups is 1. The van der Waals surface area contributed by atoms with Gasteiger partial charge in [-0.3, -0.25) is 14.6 Å². The van der Waals surface area contributed by atoms with Crippen LogP contribution in [0, 0.1) is 0 Å². The Hall–Kier alpha value is -3.27. The van der Waals surface area contributed by atoms with Crippen LogP contribution in [-0.4, -0.2) is 83.4 Å². The molecule has 1 unspecified atom stereocenters. The van der Waals surface area contributed by atoms with E-state index in [0.717, 1.165) is 65.9 Å². The monoisotopic (exact) mass is 619 g/mol. The Morgan fingerprint density at radius 3 is 2.09 bits per heavy atom. The van der Waals surface area contributed by atoms with Gasteiger partial charge in [0.05, 0.1) is 18.1 Å². The van der Waals surface area contributed by atoms with E-state index in [2.05, 4.69) is 44.3 Å². The third-order valence-corrected chi connectivity index (χ3v) is 8.41. The summed E-state index contributed by atoms with van der Waals surface area (Å²) in [6.45, 7) is 4.98. The maximum Gasteiger partial charge on any atom is 0.239 e. The van der Waals surface area contributed by atoms with Crippen molar-refractivity contribution in [3.8, 4) is 0 Å². The van der Waals surface area contributed by atoms with Crippen molar-refractivity contribution in [3.05, 3.63) is 99.8 Å². The van der Waals surface area contributed by atoms with E-state index in [0.29, 0.717) is 18.8 Å². The van der Waals surface area contributed by atoms with Crippen LogP contribution in [0.1, 0.15) is 35.8 Å². The predicted molar refractivity (Wildman–Crippen MR) is 176 cm³/mol. The molecule has 1 aliphatic heterocycles. The zero-order chi connectivity index (χ0) is 30.3. The van der Waals surface area contributed by atoms with E-state index >= 15 is 0 Å². The second kappa shape index (κ2) is 14.5. The van der Waals surface area contributed by atoms with E-state index in [4.69, 9.17) is 38.9 Å². The largest absolute Gasteiger partial charge is 0.368 e. The summed E-state index contributed by atoms with van der Waals surface area (Å²) in [7, 11) is 4.04. The molecule has 1 amide bonds. The lowest BCUT2D eigenvalue weighted by atomic mass is 9.96. The van der Waals surface area contributed by atoms with Gasteiger partial charge in [-0.25, -0.2) is 9.97 Å². The molecule has 3 N–H and O–H groups in total.